The van der Waals surface area contributed by atoms with E-state index in [0.29, 0.717) is 0 Å². The summed E-state index contributed by atoms with van der Waals surface area (Å²) in [6.07, 6.45) is 5.98. The molecule has 0 atom stereocenters. The second-order valence-corrected chi connectivity index (χ2v) is 3.79. The maximum atomic E-state index is 4.16. The third-order valence-electron chi connectivity index (χ3n) is 2.67. The SMILES string of the molecule is Cc1ccncc1CCc1ccccc1. The quantitative estimate of drug-likeness (QED) is 0.736. The minimum atomic E-state index is 1.07. The molecule has 0 bridgehead atoms. The molecule has 0 spiro atoms. The van der Waals surface area contributed by atoms with Gasteiger partial charge in [0.25, 0.3) is 0 Å². The first kappa shape index (κ1) is 9.91. The maximum Gasteiger partial charge on any atom is 0.0302 e. The molecule has 1 aromatic heterocycles. The Balaban J connectivity index is 2.03. The standard InChI is InChI=1S/C14H15N/c1-12-9-10-15-11-14(12)8-7-13-5-3-2-4-6-13/h2-6,9-11H,7-8H2,1H3. The Kier molecular flexibility index (Phi) is 3.13. The summed E-state index contributed by atoms with van der Waals surface area (Å²) in [6.45, 7) is 2.14. The van der Waals surface area contributed by atoms with Crippen molar-refractivity contribution in [3.8, 4) is 0 Å². The van der Waals surface area contributed by atoms with Gasteiger partial charge in [-0.3, -0.25) is 4.98 Å². The van der Waals surface area contributed by atoms with E-state index in [0.717, 1.165) is 12.8 Å². The lowest BCUT2D eigenvalue weighted by Crippen LogP contribution is -1.94. The van der Waals surface area contributed by atoms with Gasteiger partial charge < -0.3 is 0 Å². The molecule has 1 heterocycles. The van der Waals surface area contributed by atoms with Crippen LogP contribution in [-0.2, 0) is 12.8 Å². The number of hydrogen-bond acceptors (Lipinski definition) is 1. The number of nitrogens with zero attached hydrogens (tertiary/aromatic N) is 1. The van der Waals surface area contributed by atoms with E-state index < -0.39 is 0 Å². The van der Waals surface area contributed by atoms with Crippen LogP contribution in [0, 0.1) is 6.92 Å². The third kappa shape index (κ3) is 2.66. The van der Waals surface area contributed by atoms with Crippen molar-refractivity contribution in [2.24, 2.45) is 0 Å². The Bertz CT molecular complexity index is 420. The van der Waals surface area contributed by atoms with Gasteiger partial charge in [-0.05, 0) is 42.5 Å². The van der Waals surface area contributed by atoms with Crippen molar-refractivity contribution < 1.29 is 0 Å². The number of benzene rings is 1. The highest BCUT2D eigenvalue weighted by atomic mass is 14.6. The van der Waals surface area contributed by atoms with E-state index in [1.165, 1.54) is 16.7 Å². The molecule has 0 amide bonds. The summed E-state index contributed by atoms with van der Waals surface area (Å²) in [5.41, 5.74) is 4.07. The molecule has 0 fully saturated rings. The third-order valence-corrected chi connectivity index (χ3v) is 2.67. The van der Waals surface area contributed by atoms with Gasteiger partial charge >= 0.3 is 0 Å². The van der Waals surface area contributed by atoms with Crippen LogP contribution in [-0.4, -0.2) is 4.98 Å². The van der Waals surface area contributed by atoms with Crippen molar-refractivity contribution in [1.82, 2.24) is 4.98 Å². The Morgan fingerprint density at radius 1 is 1.00 bits per heavy atom. The molecule has 2 rings (SSSR count). The highest BCUT2D eigenvalue weighted by Gasteiger charge is 1.98. The maximum absolute atomic E-state index is 4.16. The fourth-order valence-corrected chi connectivity index (χ4v) is 1.68. The lowest BCUT2D eigenvalue weighted by molar-refractivity contribution is 0.938. The Hall–Kier alpha value is -1.63. The first-order chi connectivity index (χ1) is 7.36. The van der Waals surface area contributed by atoms with E-state index in [9.17, 15) is 0 Å². The van der Waals surface area contributed by atoms with Gasteiger partial charge in [0.05, 0.1) is 0 Å². The zero-order chi connectivity index (χ0) is 10.5. The number of aryl methyl sites for hydroxylation is 3. The second-order valence-electron chi connectivity index (χ2n) is 3.79. The largest absolute Gasteiger partial charge is 0.264 e. The van der Waals surface area contributed by atoms with Crippen LogP contribution in [0.5, 0.6) is 0 Å². The fourth-order valence-electron chi connectivity index (χ4n) is 1.68. The first-order valence-corrected chi connectivity index (χ1v) is 5.29. The molecule has 0 aliphatic carbocycles. The minimum absolute atomic E-state index is 1.07. The number of aromatic nitrogens is 1. The predicted octanol–water partition coefficient (Wildman–Crippen LogP) is 3.18. The summed E-state index contributed by atoms with van der Waals surface area (Å²) in [4.78, 5) is 4.16. The Morgan fingerprint density at radius 3 is 2.53 bits per heavy atom. The molecule has 2 aromatic rings. The smallest absolute Gasteiger partial charge is 0.0302 e. The first-order valence-electron chi connectivity index (χ1n) is 5.29. The van der Waals surface area contributed by atoms with Crippen LogP contribution in [0.3, 0.4) is 0 Å². The number of hydrogen-bond donors (Lipinski definition) is 0. The van der Waals surface area contributed by atoms with Gasteiger partial charge in [-0.15, -0.1) is 0 Å². The van der Waals surface area contributed by atoms with Crippen LogP contribution in [0.2, 0.25) is 0 Å². The topological polar surface area (TPSA) is 12.9 Å². The highest BCUT2D eigenvalue weighted by molar-refractivity contribution is 5.23. The summed E-state index contributed by atoms with van der Waals surface area (Å²) >= 11 is 0. The molecular weight excluding hydrogens is 182 g/mol. The van der Waals surface area contributed by atoms with Crippen molar-refractivity contribution in [1.29, 1.82) is 0 Å². The van der Waals surface area contributed by atoms with Crippen LogP contribution < -0.4 is 0 Å². The van der Waals surface area contributed by atoms with Gasteiger partial charge in [0.1, 0.15) is 0 Å². The van der Waals surface area contributed by atoms with Gasteiger partial charge in [-0.1, -0.05) is 30.3 Å². The molecule has 0 radical (unpaired) electrons. The van der Waals surface area contributed by atoms with E-state index in [1.807, 2.05) is 12.4 Å². The van der Waals surface area contributed by atoms with Crippen molar-refractivity contribution in [3.63, 3.8) is 0 Å². The lowest BCUT2D eigenvalue weighted by atomic mass is 10.0. The van der Waals surface area contributed by atoms with Crippen molar-refractivity contribution in [2.75, 3.05) is 0 Å². The fraction of sp³-hybridized carbons (Fsp3) is 0.214. The van der Waals surface area contributed by atoms with E-state index in [-0.39, 0.29) is 0 Å². The molecule has 1 aromatic carbocycles. The Labute approximate surface area is 90.8 Å². The molecule has 1 nitrogen and oxygen atoms in total. The van der Waals surface area contributed by atoms with Gasteiger partial charge in [0.2, 0.25) is 0 Å². The summed E-state index contributed by atoms with van der Waals surface area (Å²) in [7, 11) is 0. The Morgan fingerprint density at radius 2 is 1.80 bits per heavy atom. The van der Waals surface area contributed by atoms with Gasteiger partial charge in [0.15, 0.2) is 0 Å². The molecule has 1 heteroatoms. The zero-order valence-electron chi connectivity index (χ0n) is 8.98. The van der Waals surface area contributed by atoms with Crippen molar-refractivity contribution in [2.45, 2.75) is 19.8 Å². The molecule has 0 N–H and O–H groups in total. The second kappa shape index (κ2) is 4.74. The monoisotopic (exact) mass is 197 g/mol. The summed E-state index contributed by atoms with van der Waals surface area (Å²) in [5, 5.41) is 0. The van der Waals surface area contributed by atoms with E-state index in [2.05, 4.69) is 48.3 Å². The zero-order valence-corrected chi connectivity index (χ0v) is 8.98. The predicted molar refractivity (Wildman–Crippen MR) is 62.8 cm³/mol. The average Bonchev–Trinajstić information content (AvgIpc) is 2.29. The van der Waals surface area contributed by atoms with Crippen LogP contribution in [0.25, 0.3) is 0 Å². The van der Waals surface area contributed by atoms with Crippen LogP contribution in [0.1, 0.15) is 16.7 Å². The van der Waals surface area contributed by atoms with Crippen molar-refractivity contribution >= 4 is 0 Å². The summed E-state index contributed by atoms with van der Waals surface area (Å²) in [6, 6.07) is 12.6. The molecule has 15 heavy (non-hydrogen) atoms. The van der Waals surface area contributed by atoms with Crippen LogP contribution in [0.15, 0.2) is 48.8 Å². The summed E-state index contributed by atoms with van der Waals surface area (Å²) in [5.74, 6) is 0. The van der Waals surface area contributed by atoms with E-state index in [1.54, 1.807) is 0 Å². The van der Waals surface area contributed by atoms with E-state index >= 15 is 0 Å². The van der Waals surface area contributed by atoms with Gasteiger partial charge in [0, 0.05) is 12.4 Å². The van der Waals surface area contributed by atoms with Crippen molar-refractivity contribution in [3.05, 3.63) is 65.5 Å². The molecule has 76 valence electrons. The molecule has 0 aliphatic heterocycles. The molecule has 0 saturated carbocycles. The number of rotatable bonds is 3. The molecule has 0 saturated heterocycles. The molecule has 0 aliphatic rings. The van der Waals surface area contributed by atoms with Crippen LogP contribution in [0.4, 0.5) is 0 Å². The number of pyridine rings is 1. The highest BCUT2D eigenvalue weighted by Crippen LogP contribution is 2.09. The lowest BCUT2D eigenvalue weighted by Gasteiger charge is -2.04. The van der Waals surface area contributed by atoms with Gasteiger partial charge in [-0.25, -0.2) is 0 Å². The normalized spacial score (nSPS) is 10.2. The van der Waals surface area contributed by atoms with E-state index in [4.69, 9.17) is 0 Å². The van der Waals surface area contributed by atoms with Crippen LogP contribution >= 0.6 is 0 Å². The molecular formula is C14H15N. The van der Waals surface area contributed by atoms with Gasteiger partial charge in [-0.2, -0.15) is 0 Å². The summed E-state index contributed by atoms with van der Waals surface area (Å²) < 4.78 is 0. The average molecular weight is 197 g/mol. The molecule has 0 unspecified atom stereocenters. The minimum Gasteiger partial charge on any atom is -0.264 e.